The summed E-state index contributed by atoms with van der Waals surface area (Å²) in [5.41, 5.74) is 0. The second-order valence-electron chi connectivity index (χ2n) is 18.1. The Morgan fingerprint density at radius 2 is 0.615 bits per heavy atom. The molecule has 0 fully saturated rings. The number of hydrogen-bond donors (Lipinski definition) is 0. The van der Waals surface area contributed by atoms with Crippen LogP contribution in [0.15, 0.2) is 72.9 Å². The highest BCUT2D eigenvalue weighted by molar-refractivity contribution is 5.71. The molecule has 65 heavy (non-hydrogen) atoms. The first-order valence-corrected chi connectivity index (χ1v) is 27.4. The van der Waals surface area contributed by atoms with E-state index in [0.29, 0.717) is 19.3 Å². The van der Waals surface area contributed by atoms with E-state index in [0.717, 1.165) is 83.5 Å². The molecular formula is C59H102O6. The summed E-state index contributed by atoms with van der Waals surface area (Å²) in [5.74, 6) is -0.956. The topological polar surface area (TPSA) is 78.9 Å². The number of allylic oxidation sites excluding steroid dienone is 12. The summed E-state index contributed by atoms with van der Waals surface area (Å²) in [6.45, 7) is 6.48. The summed E-state index contributed by atoms with van der Waals surface area (Å²) in [6.07, 6.45) is 67.5. The minimum atomic E-state index is -0.799. The van der Waals surface area contributed by atoms with Crippen LogP contribution in [0.1, 0.15) is 265 Å². The molecule has 0 N–H and O–H groups in total. The standard InChI is InChI=1S/C59H102O6/c1-4-7-10-13-16-19-22-25-28-30-32-34-37-40-43-46-49-52-58(61)64-55-56(54-63-57(60)51-48-45-42-39-36-33-27-24-21-18-15-12-9-6-3)65-59(62)53-50-47-44-41-38-35-31-29-26-23-20-17-14-11-8-5-2/h7,10,16,19,24-25,27-28,32,34,40,43,56H,4-6,8-9,11-15,17-18,20-23,26,29-31,33,35-39,41-42,44-55H2,1-3H3/b10-7-,19-16-,27-24-,28-25-,34-32-,43-40-/t56-/m1/s1. The van der Waals surface area contributed by atoms with E-state index in [-0.39, 0.29) is 37.5 Å². The lowest BCUT2D eigenvalue weighted by molar-refractivity contribution is -0.167. The van der Waals surface area contributed by atoms with Crippen molar-refractivity contribution in [3.05, 3.63) is 72.9 Å². The zero-order valence-electron chi connectivity index (χ0n) is 42.7. The van der Waals surface area contributed by atoms with Gasteiger partial charge in [0.05, 0.1) is 0 Å². The molecule has 0 radical (unpaired) electrons. The summed E-state index contributed by atoms with van der Waals surface area (Å²) in [5, 5.41) is 0. The number of carbonyl (C=O) groups is 3. The van der Waals surface area contributed by atoms with E-state index in [4.69, 9.17) is 14.2 Å². The number of carbonyl (C=O) groups excluding carboxylic acids is 3. The molecule has 374 valence electrons. The predicted octanol–water partition coefficient (Wildman–Crippen LogP) is 18.2. The largest absolute Gasteiger partial charge is 0.462 e. The molecule has 6 heteroatoms. The van der Waals surface area contributed by atoms with E-state index in [1.165, 1.54) is 135 Å². The number of ether oxygens (including phenoxy) is 3. The SMILES string of the molecule is CC/C=C\C/C=C\C/C=C\C/C=C\C/C=C\CCCC(=O)OC[C@@H](COC(=O)CCCCCCC/C=C\CCCCCCC)OC(=O)CCCCCCCCCCCCCCCCCC. The highest BCUT2D eigenvalue weighted by Crippen LogP contribution is 2.15. The van der Waals surface area contributed by atoms with Crippen LogP contribution >= 0.6 is 0 Å². The van der Waals surface area contributed by atoms with Crippen molar-refractivity contribution in [1.82, 2.24) is 0 Å². The molecule has 6 nitrogen and oxygen atoms in total. The van der Waals surface area contributed by atoms with Crippen molar-refractivity contribution in [3.8, 4) is 0 Å². The van der Waals surface area contributed by atoms with Gasteiger partial charge in [0.25, 0.3) is 0 Å². The third-order valence-electron chi connectivity index (χ3n) is 11.7. The van der Waals surface area contributed by atoms with Crippen LogP contribution in [0.3, 0.4) is 0 Å². The van der Waals surface area contributed by atoms with Gasteiger partial charge in [0.2, 0.25) is 0 Å². The predicted molar refractivity (Wildman–Crippen MR) is 279 cm³/mol. The Morgan fingerprint density at radius 1 is 0.323 bits per heavy atom. The van der Waals surface area contributed by atoms with Gasteiger partial charge in [-0.3, -0.25) is 14.4 Å². The van der Waals surface area contributed by atoms with Gasteiger partial charge in [-0.2, -0.15) is 0 Å². The maximum atomic E-state index is 12.8. The fourth-order valence-corrected chi connectivity index (χ4v) is 7.59. The molecule has 0 rings (SSSR count). The Kier molecular flexibility index (Phi) is 50.9. The van der Waals surface area contributed by atoms with Gasteiger partial charge in [0, 0.05) is 19.3 Å². The fourth-order valence-electron chi connectivity index (χ4n) is 7.59. The molecule has 0 heterocycles. The minimum absolute atomic E-state index is 0.0954. The van der Waals surface area contributed by atoms with Crippen LogP contribution in [0.2, 0.25) is 0 Å². The Bertz CT molecular complexity index is 1230. The average molecular weight is 907 g/mol. The third-order valence-corrected chi connectivity index (χ3v) is 11.7. The number of rotatable bonds is 49. The van der Waals surface area contributed by atoms with Crippen LogP contribution in [-0.4, -0.2) is 37.2 Å². The molecule has 0 aliphatic rings. The van der Waals surface area contributed by atoms with Crippen molar-refractivity contribution in [2.45, 2.75) is 271 Å². The molecule has 0 aromatic heterocycles. The molecule has 0 bridgehead atoms. The highest BCUT2D eigenvalue weighted by Gasteiger charge is 2.19. The molecule has 0 aromatic carbocycles. The summed E-state index contributed by atoms with van der Waals surface area (Å²) in [7, 11) is 0. The average Bonchev–Trinajstić information content (AvgIpc) is 3.30. The van der Waals surface area contributed by atoms with Crippen molar-refractivity contribution < 1.29 is 28.6 Å². The Hall–Kier alpha value is -3.15. The Balaban J connectivity index is 4.46. The number of hydrogen-bond acceptors (Lipinski definition) is 6. The number of esters is 3. The van der Waals surface area contributed by atoms with Crippen LogP contribution in [0.25, 0.3) is 0 Å². The minimum Gasteiger partial charge on any atom is -0.462 e. The molecule has 0 spiro atoms. The van der Waals surface area contributed by atoms with Crippen LogP contribution < -0.4 is 0 Å². The lowest BCUT2D eigenvalue weighted by Gasteiger charge is -2.18. The van der Waals surface area contributed by atoms with Crippen molar-refractivity contribution >= 4 is 17.9 Å². The quantitative estimate of drug-likeness (QED) is 0.0262. The van der Waals surface area contributed by atoms with Gasteiger partial charge in [-0.15, -0.1) is 0 Å². The first-order chi connectivity index (χ1) is 32.0. The van der Waals surface area contributed by atoms with Crippen LogP contribution in [0.4, 0.5) is 0 Å². The molecule has 0 saturated heterocycles. The van der Waals surface area contributed by atoms with Crippen molar-refractivity contribution in [3.63, 3.8) is 0 Å². The van der Waals surface area contributed by atoms with Gasteiger partial charge in [-0.1, -0.05) is 235 Å². The van der Waals surface area contributed by atoms with Gasteiger partial charge in [0.15, 0.2) is 6.10 Å². The van der Waals surface area contributed by atoms with Crippen molar-refractivity contribution in [2.75, 3.05) is 13.2 Å². The maximum absolute atomic E-state index is 12.8. The monoisotopic (exact) mass is 907 g/mol. The normalized spacial score (nSPS) is 12.6. The first kappa shape index (κ1) is 61.9. The molecule has 0 unspecified atom stereocenters. The lowest BCUT2D eigenvalue weighted by atomic mass is 10.0. The summed E-state index contributed by atoms with van der Waals surface area (Å²) in [6, 6.07) is 0. The van der Waals surface area contributed by atoms with E-state index in [1.807, 2.05) is 0 Å². The Morgan fingerprint density at radius 3 is 1.02 bits per heavy atom. The zero-order chi connectivity index (χ0) is 47.2. The van der Waals surface area contributed by atoms with E-state index in [2.05, 4.69) is 93.7 Å². The highest BCUT2D eigenvalue weighted by atomic mass is 16.6. The molecule has 1 atom stereocenters. The van der Waals surface area contributed by atoms with Gasteiger partial charge in [0.1, 0.15) is 13.2 Å². The maximum Gasteiger partial charge on any atom is 0.306 e. The van der Waals surface area contributed by atoms with Crippen LogP contribution in [-0.2, 0) is 28.6 Å². The molecule has 0 amide bonds. The van der Waals surface area contributed by atoms with E-state index in [9.17, 15) is 14.4 Å². The van der Waals surface area contributed by atoms with Crippen molar-refractivity contribution in [1.29, 1.82) is 0 Å². The van der Waals surface area contributed by atoms with Crippen LogP contribution in [0.5, 0.6) is 0 Å². The molecular weight excluding hydrogens is 805 g/mol. The van der Waals surface area contributed by atoms with E-state index < -0.39 is 6.10 Å². The molecule has 0 saturated carbocycles. The van der Waals surface area contributed by atoms with Gasteiger partial charge in [-0.25, -0.2) is 0 Å². The van der Waals surface area contributed by atoms with Crippen LogP contribution in [0, 0.1) is 0 Å². The van der Waals surface area contributed by atoms with Gasteiger partial charge < -0.3 is 14.2 Å². The Labute approximate surface area is 402 Å². The molecule has 0 aliphatic carbocycles. The van der Waals surface area contributed by atoms with Gasteiger partial charge >= 0.3 is 17.9 Å². The van der Waals surface area contributed by atoms with Crippen molar-refractivity contribution in [2.24, 2.45) is 0 Å². The first-order valence-electron chi connectivity index (χ1n) is 27.4. The number of unbranched alkanes of at least 4 members (excludes halogenated alkanes) is 26. The fraction of sp³-hybridized carbons (Fsp3) is 0.746. The lowest BCUT2D eigenvalue weighted by Crippen LogP contribution is -2.30. The van der Waals surface area contributed by atoms with E-state index in [1.54, 1.807) is 0 Å². The second-order valence-corrected chi connectivity index (χ2v) is 18.1. The summed E-state index contributed by atoms with van der Waals surface area (Å²) >= 11 is 0. The second kappa shape index (κ2) is 53.5. The van der Waals surface area contributed by atoms with Gasteiger partial charge in [-0.05, 0) is 83.5 Å². The summed E-state index contributed by atoms with van der Waals surface area (Å²) < 4.78 is 16.8. The smallest absolute Gasteiger partial charge is 0.306 e. The third kappa shape index (κ3) is 51.7. The zero-order valence-corrected chi connectivity index (χ0v) is 42.7. The molecule has 0 aliphatic heterocycles. The molecule has 0 aromatic rings. The summed E-state index contributed by atoms with van der Waals surface area (Å²) in [4.78, 5) is 38.0. The van der Waals surface area contributed by atoms with E-state index >= 15 is 0 Å².